The van der Waals surface area contributed by atoms with Crippen LogP contribution in [-0.2, 0) is 9.59 Å². The minimum atomic E-state index is -1.27. The van der Waals surface area contributed by atoms with Crippen molar-refractivity contribution in [1.82, 2.24) is 9.97 Å². The molecule has 32 heavy (non-hydrogen) atoms. The lowest BCUT2D eigenvalue weighted by atomic mass is 10.1. The zero-order valence-corrected chi connectivity index (χ0v) is 18.2. The summed E-state index contributed by atoms with van der Waals surface area (Å²) in [6.07, 6.45) is 0. The van der Waals surface area contributed by atoms with E-state index in [2.05, 4.69) is 9.97 Å². The van der Waals surface area contributed by atoms with Gasteiger partial charge in [0.05, 0.1) is 33.5 Å². The van der Waals surface area contributed by atoms with Gasteiger partial charge in [-0.1, -0.05) is 96.3 Å². The molecule has 1 aromatic heterocycles. The van der Waals surface area contributed by atoms with Gasteiger partial charge in [0.15, 0.2) is 0 Å². The van der Waals surface area contributed by atoms with Crippen LogP contribution in [0.1, 0.15) is 21.6 Å². The zero-order chi connectivity index (χ0) is 22.5. The van der Waals surface area contributed by atoms with E-state index in [9.17, 15) is 19.8 Å². The summed E-state index contributed by atoms with van der Waals surface area (Å²) in [5, 5.41) is 22.4. The minimum absolute atomic E-state index is 0.314. The fraction of sp³-hybridized carbons (Fsp3) is 0.0833. The highest BCUT2D eigenvalue weighted by Gasteiger charge is 2.23. The number of aliphatic carboxylic acids is 2. The van der Waals surface area contributed by atoms with Crippen molar-refractivity contribution >= 4 is 46.5 Å². The van der Waals surface area contributed by atoms with Gasteiger partial charge in [-0.05, 0) is 23.3 Å². The van der Waals surface area contributed by atoms with Crippen LogP contribution in [0.3, 0.4) is 0 Å². The normalized spacial score (nSPS) is 12.9. The van der Waals surface area contributed by atoms with Crippen LogP contribution in [0.2, 0.25) is 0 Å². The van der Waals surface area contributed by atoms with Gasteiger partial charge in [-0.15, -0.1) is 0 Å². The number of aromatic nitrogens is 2. The van der Waals surface area contributed by atoms with E-state index in [0.29, 0.717) is 32.2 Å². The third kappa shape index (κ3) is 4.92. The van der Waals surface area contributed by atoms with Crippen LogP contribution in [-0.4, -0.2) is 21.9 Å². The number of hydrogen-bond acceptors (Lipinski definition) is 8. The van der Waals surface area contributed by atoms with Gasteiger partial charge in [0, 0.05) is 0 Å². The molecule has 0 aliphatic rings. The molecule has 2 atom stereocenters. The average molecular weight is 461 g/mol. The molecule has 0 saturated carbocycles. The highest BCUT2D eigenvalue weighted by atomic mass is 32.2. The summed E-state index contributed by atoms with van der Waals surface area (Å²) in [5.41, 5.74) is 2.24. The molecule has 0 amide bonds. The summed E-state index contributed by atoms with van der Waals surface area (Å²) in [5.74, 6) is -2.54. The standard InChI is InChI=1S/C24H18N2O4S2/c27-23(28)19(15-9-3-1-4-10-15)31-21-22(26-18-14-8-7-13-17(18)25-21)32-20(24(29)30)16-11-5-2-6-12-16/h1-14,19-20H,(H,27,28)(H,29,30)/p-2/t19-,20-/m0/s1. The van der Waals surface area contributed by atoms with Gasteiger partial charge in [0.1, 0.15) is 10.1 Å². The van der Waals surface area contributed by atoms with E-state index in [1.54, 1.807) is 84.9 Å². The lowest BCUT2D eigenvalue weighted by Crippen LogP contribution is -2.28. The SMILES string of the molecule is O=C([O-])[C@@H](Sc1nc2ccccc2nc1S[C@H](C(=O)[O-])c1ccccc1)c1ccccc1. The Labute approximate surface area is 192 Å². The molecule has 0 spiro atoms. The van der Waals surface area contributed by atoms with E-state index in [1.807, 2.05) is 0 Å². The van der Waals surface area contributed by atoms with Crippen molar-refractivity contribution in [2.75, 3.05) is 0 Å². The van der Waals surface area contributed by atoms with Crippen LogP contribution in [0.25, 0.3) is 11.0 Å². The van der Waals surface area contributed by atoms with Gasteiger partial charge in [0.25, 0.3) is 0 Å². The van der Waals surface area contributed by atoms with Gasteiger partial charge in [0.2, 0.25) is 0 Å². The number of para-hydroxylation sites is 2. The van der Waals surface area contributed by atoms with Crippen molar-refractivity contribution in [3.05, 3.63) is 96.1 Å². The molecule has 0 aliphatic heterocycles. The molecule has 0 bridgehead atoms. The molecular weight excluding hydrogens is 444 g/mol. The first-order chi connectivity index (χ1) is 15.5. The monoisotopic (exact) mass is 460 g/mol. The van der Waals surface area contributed by atoms with Gasteiger partial charge < -0.3 is 19.8 Å². The van der Waals surface area contributed by atoms with Gasteiger partial charge in [-0.25, -0.2) is 9.97 Å². The molecule has 8 heteroatoms. The number of carboxylic acids is 2. The molecule has 4 rings (SSSR count). The van der Waals surface area contributed by atoms with Gasteiger partial charge >= 0.3 is 0 Å². The second kappa shape index (κ2) is 9.84. The second-order valence-electron chi connectivity index (χ2n) is 6.78. The minimum Gasteiger partial charge on any atom is -0.549 e. The van der Waals surface area contributed by atoms with E-state index in [4.69, 9.17) is 0 Å². The van der Waals surface area contributed by atoms with Crippen molar-refractivity contribution < 1.29 is 19.8 Å². The highest BCUT2D eigenvalue weighted by molar-refractivity contribution is 8.03. The van der Waals surface area contributed by atoms with Crippen LogP contribution in [0, 0.1) is 0 Å². The molecule has 4 aromatic rings. The molecule has 6 nitrogen and oxygen atoms in total. The molecule has 160 valence electrons. The Hall–Kier alpha value is -3.36. The number of carbonyl (C=O) groups is 2. The second-order valence-corrected chi connectivity index (χ2v) is 8.97. The lowest BCUT2D eigenvalue weighted by molar-refractivity contribution is -0.306. The predicted octanol–water partition coefficient (Wildman–Crippen LogP) is 2.80. The number of carbonyl (C=O) groups excluding carboxylic acids is 2. The number of carboxylic acid groups (broad SMARTS) is 2. The van der Waals surface area contributed by atoms with E-state index in [-0.39, 0.29) is 0 Å². The number of benzene rings is 3. The summed E-state index contributed by atoms with van der Waals surface area (Å²) < 4.78 is 0. The maximum absolute atomic E-state index is 11.9. The topological polar surface area (TPSA) is 106 Å². The van der Waals surface area contributed by atoms with Crippen LogP contribution in [0.15, 0.2) is 95.0 Å². The first-order valence-corrected chi connectivity index (χ1v) is 11.4. The number of nitrogens with zero attached hydrogens (tertiary/aromatic N) is 2. The zero-order valence-electron chi connectivity index (χ0n) is 16.6. The fourth-order valence-electron chi connectivity index (χ4n) is 3.10. The molecule has 1 heterocycles. The predicted molar refractivity (Wildman–Crippen MR) is 120 cm³/mol. The van der Waals surface area contributed by atoms with Crippen LogP contribution in [0.4, 0.5) is 0 Å². The maximum Gasteiger partial charge on any atom is 0.130 e. The van der Waals surface area contributed by atoms with Gasteiger partial charge in [-0.2, -0.15) is 0 Å². The van der Waals surface area contributed by atoms with E-state index in [1.165, 1.54) is 0 Å². The molecule has 0 aliphatic carbocycles. The Bertz CT molecular complexity index is 1150. The third-order valence-corrected chi connectivity index (χ3v) is 7.15. The smallest absolute Gasteiger partial charge is 0.130 e. The third-order valence-electron chi connectivity index (χ3n) is 4.60. The summed E-state index contributed by atoms with van der Waals surface area (Å²) in [4.78, 5) is 33.1. The summed E-state index contributed by atoms with van der Waals surface area (Å²) in [6, 6.07) is 24.5. The molecule has 0 N–H and O–H groups in total. The van der Waals surface area contributed by atoms with E-state index in [0.717, 1.165) is 23.5 Å². The summed E-state index contributed by atoms with van der Waals surface area (Å²) >= 11 is 1.94. The van der Waals surface area contributed by atoms with Crippen LogP contribution >= 0.6 is 23.5 Å². The lowest BCUT2D eigenvalue weighted by Gasteiger charge is -2.21. The average Bonchev–Trinajstić information content (AvgIpc) is 2.81. The number of fused-ring (bicyclic) bond motifs is 1. The van der Waals surface area contributed by atoms with E-state index < -0.39 is 22.4 Å². The van der Waals surface area contributed by atoms with Crippen molar-refractivity contribution in [3.63, 3.8) is 0 Å². The largest absolute Gasteiger partial charge is 0.549 e. The number of thioether (sulfide) groups is 2. The summed E-state index contributed by atoms with van der Waals surface area (Å²) in [7, 11) is 0. The molecule has 0 saturated heterocycles. The molecule has 3 aromatic carbocycles. The Morgan fingerprint density at radius 2 is 0.938 bits per heavy atom. The molecule has 0 unspecified atom stereocenters. The number of rotatable bonds is 8. The first kappa shape index (κ1) is 21.9. The number of hydrogen-bond donors (Lipinski definition) is 0. The Morgan fingerprint density at radius 1 is 0.594 bits per heavy atom. The van der Waals surface area contributed by atoms with Crippen molar-refractivity contribution in [2.24, 2.45) is 0 Å². The molecule has 0 radical (unpaired) electrons. The quantitative estimate of drug-likeness (QED) is 0.370. The Morgan fingerprint density at radius 3 is 1.28 bits per heavy atom. The maximum atomic E-state index is 11.9. The van der Waals surface area contributed by atoms with Crippen molar-refractivity contribution in [1.29, 1.82) is 0 Å². The Balaban J connectivity index is 1.78. The molecule has 0 fully saturated rings. The van der Waals surface area contributed by atoms with Crippen LogP contribution in [0.5, 0.6) is 0 Å². The molecular formula is C24H16N2O4S2-2. The van der Waals surface area contributed by atoms with Crippen molar-refractivity contribution in [2.45, 2.75) is 20.6 Å². The summed E-state index contributed by atoms with van der Waals surface area (Å²) in [6.45, 7) is 0. The van der Waals surface area contributed by atoms with Crippen LogP contribution < -0.4 is 10.2 Å². The Kier molecular flexibility index (Phi) is 6.72. The first-order valence-electron chi connectivity index (χ1n) is 9.64. The fourth-order valence-corrected chi connectivity index (χ4v) is 5.21. The van der Waals surface area contributed by atoms with E-state index >= 15 is 0 Å². The van der Waals surface area contributed by atoms with Gasteiger partial charge in [-0.3, -0.25) is 0 Å². The van der Waals surface area contributed by atoms with Crippen molar-refractivity contribution in [3.8, 4) is 0 Å². The highest BCUT2D eigenvalue weighted by Crippen LogP contribution is 2.43.